The van der Waals surface area contributed by atoms with Crippen LogP contribution in [0.4, 0.5) is 0 Å². The van der Waals surface area contributed by atoms with Gasteiger partial charge in [0.25, 0.3) is 0 Å². The van der Waals surface area contributed by atoms with Crippen molar-refractivity contribution in [3.05, 3.63) is 35.1 Å². The fourth-order valence-corrected chi connectivity index (χ4v) is 3.14. The molecule has 0 unspecified atom stereocenters. The maximum atomic E-state index is 12.1. The smallest absolute Gasteiger partial charge is 0.309 e. The number of carboxylic acids is 1. The molecule has 0 fully saturated rings. The lowest BCUT2D eigenvalue weighted by molar-refractivity contribution is -0.147. The van der Waals surface area contributed by atoms with Crippen LogP contribution in [-0.2, 0) is 28.9 Å². The first-order valence-corrected chi connectivity index (χ1v) is 8.39. The van der Waals surface area contributed by atoms with Gasteiger partial charge in [-0.05, 0) is 62.8 Å². The third-order valence-electron chi connectivity index (χ3n) is 4.87. The fraction of sp³-hybridized carbons (Fsp3) is 0.474. The Morgan fingerprint density at radius 1 is 1.25 bits per heavy atom. The van der Waals surface area contributed by atoms with E-state index in [9.17, 15) is 9.59 Å². The third-order valence-corrected chi connectivity index (χ3v) is 4.87. The normalized spacial score (nSPS) is 13.9. The molecule has 0 saturated heterocycles. The maximum absolute atomic E-state index is 12.1. The largest absolute Gasteiger partial charge is 0.481 e. The number of rotatable bonds is 6. The number of fused-ring (bicyclic) bond motifs is 2. The summed E-state index contributed by atoms with van der Waals surface area (Å²) in [5.74, 6) is -0.967. The molecule has 0 atom stereocenters. The monoisotopic (exact) mass is 329 g/mol. The van der Waals surface area contributed by atoms with Crippen LogP contribution in [0, 0.1) is 5.41 Å². The Bertz CT molecular complexity index is 788. The molecule has 5 nitrogen and oxygen atoms in total. The molecule has 0 radical (unpaired) electrons. The third kappa shape index (κ3) is 3.30. The zero-order valence-corrected chi connectivity index (χ0v) is 14.1. The number of benzene rings is 1. The van der Waals surface area contributed by atoms with E-state index in [4.69, 9.17) is 9.52 Å². The molecule has 0 spiro atoms. The SMILES string of the molecule is CC(C)(CCNC(=O)Cc1coc2cc3c(cc12)CCC3)C(=O)O. The van der Waals surface area contributed by atoms with Gasteiger partial charge in [-0.2, -0.15) is 0 Å². The molecule has 24 heavy (non-hydrogen) atoms. The number of carbonyl (C=O) groups is 2. The topological polar surface area (TPSA) is 79.5 Å². The molecule has 1 amide bonds. The molecule has 1 aliphatic carbocycles. The number of carbonyl (C=O) groups excluding carboxylic acids is 1. The predicted molar refractivity (Wildman–Crippen MR) is 91.0 cm³/mol. The molecule has 1 aliphatic rings. The van der Waals surface area contributed by atoms with Crippen LogP contribution < -0.4 is 5.32 Å². The Kier molecular flexibility index (Phi) is 4.35. The number of hydrogen-bond donors (Lipinski definition) is 2. The molecule has 3 rings (SSSR count). The molecule has 2 aromatic rings. The van der Waals surface area contributed by atoms with E-state index in [0.29, 0.717) is 13.0 Å². The van der Waals surface area contributed by atoms with Gasteiger partial charge in [0.2, 0.25) is 5.91 Å². The van der Waals surface area contributed by atoms with Gasteiger partial charge in [0, 0.05) is 17.5 Å². The highest BCUT2D eigenvalue weighted by atomic mass is 16.4. The fourth-order valence-electron chi connectivity index (χ4n) is 3.14. The van der Waals surface area contributed by atoms with Gasteiger partial charge < -0.3 is 14.8 Å². The molecule has 1 aromatic carbocycles. The lowest BCUT2D eigenvalue weighted by atomic mass is 9.90. The van der Waals surface area contributed by atoms with Crippen LogP contribution in [0.3, 0.4) is 0 Å². The molecule has 1 heterocycles. The van der Waals surface area contributed by atoms with Crippen molar-refractivity contribution in [2.75, 3.05) is 6.54 Å². The van der Waals surface area contributed by atoms with Crippen molar-refractivity contribution in [1.29, 1.82) is 0 Å². The Labute approximate surface area is 141 Å². The van der Waals surface area contributed by atoms with E-state index in [1.54, 1.807) is 20.1 Å². The standard InChI is InChI=1S/C19H23NO4/c1-19(2,18(22)23)6-7-20-17(21)10-14-11-24-16-9-13-5-3-4-12(13)8-15(14)16/h8-9,11H,3-7,10H2,1-2H3,(H,20,21)(H,22,23). The van der Waals surface area contributed by atoms with Crippen molar-refractivity contribution in [3.63, 3.8) is 0 Å². The molecule has 0 aliphatic heterocycles. The Morgan fingerprint density at radius 2 is 1.96 bits per heavy atom. The first kappa shape index (κ1) is 16.6. The zero-order valence-electron chi connectivity index (χ0n) is 14.1. The number of nitrogens with one attached hydrogen (secondary N) is 1. The van der Waals surface area contributed by atoms with E-state index in [1.807, 2.05) is 0 Å². The molecular weight excluding hydrogens is 306 g/mol. The van der Waals surface area contributed by atoms with Crippen LogP contribution in [0.1, 0.15) is 43.4 Å². The van der Waals surface area contributed by atoms with Crippen molar-refractivity contribution in [1.82, 2.24) is 5.32 Å². The van der Waals surface area contributed by atoms with Crippen LogP contribution in [-0.4, -0.2) is 23.5 Å². The van der Waals surface area contributed by atoms with Gasteiger partial charge in [-0.3, -0.25) is 9.59 Å². The molecule has 128 valence electrons. The van der Waals surface area contributed by atoms with Gasteiger partial charge in [-0.25, -0.2) is 0 Å². The van der Waals surface area contributed by atoms with E-state index < -0.39 is 11.4 Å². The van der Waals surface area contributed by atoms with Crippen LogP contribution in [0.5, 0.6) is 0 Å². The van der Waals surface area contributed by atoms with E-state index in [-0.39, 0.29) is 12.3 Å². The molecule has 0 saturated carbocycles. The van der Waals surface area contributed by atoms with Gasteiger partial charge in [-0.15, -0.1) is 0 Å². The van der Waals surface area contributed by atoms with Gasteiger partial charge in [0.15, 0.2) is 0 Å². The average molecular weight is 329 g/mol. The summed E-state index contributed by atoms with van der Waals surface area (Å²) < 4.78 is 5.61. The van der Waals surface area contributed by atoms with Crippen molar-refractivity contribution in [2.24, 2.45) is 5.41 Å². The van der Waals surface area contributed by atoms with E-state index in [1.165, 1.54) is 17.5 Å². The van der Waals surface area contributed by atoms with E-state index in [0.717, 1.165) is 29.4 Å². The maximum Gasteiger partial charge on any atom is 0.309 e. The summed E-state index contributed by atoms with van der Waals surface area (Å²) in [5, 5.41) is 12.9. The summed E-state index contributed by atoms with van der Waals surface area (Å²) in [6.07, 6.45) is 5.66. The highest BCUT2D eigenvalue weighted by Crippen LogP contribution is 2.30. The number of aryl methyl sites for hydroxylation is 2. The minimum Gasteiger partial charge on any atom is -0.481 e. The van der Waals surface area contributed by atoms with Crippen molar-refractivity contribution >= 4 is 22.8 Å². The summed E-state index contributed by atoms with van der Waals surface area (Å²) in [5.41, 5.74) is 3.59. The summed E-state index contributed by atoms with van der Waals surface area (Å²) in [6, 6.07) is 4.24. The van der Waals surface area contributed by atoms with E-state index >= 15 is 0 Å². The lowest BCUT2D eigenvalue weighted by Gasteiger charge is -2.18. The highest BCUT2D eigenvalue weighted by Gasteiger charge is 2.26. The van der Waals surface area contributed by atoms with Gasteiger partial charge >= 0.3 is 5.97 Å². The minimum absolute atomic E-state index is 0.112. The summed E-state index contributed by atoms with van der Waals surface area (Å²) in [4.78, 5) is 23.2. The number of hydrogen-bond acceptors (Lipinski definition) is 3. The molecule has 5 heteroatoms. The number of carboxylic acid groups (broad SMARTS) is 1. The van der Waals surface area contributed by atoms with Gasteiger partial charge in [0.05, 0.1) is 18.1 Å². The molecule has 2 N–H and O–H groups in total. The Hall–Kier alpha value is -2.30. The van der Waals surface area contributed by atoms with E-state index in [2.05, 4.69) is 17.4 Å². The summed E-state index contributed by atoms with van der Waals surface area (Å²) in [7, 11) is 0. The second kappa shape index (κ2) is 6.30. The van der Waals surface area contributed by atoms with Crippen molar-refractivity contribution < 1.29 is 19.1 Å². The molecule has 0 bridgehead atoms. The summed E-state index contributed by atoms with van der Waals surface area (Å²) in [6.45, 7) is 3.67. The zero-order chi connectivity index (χ0) is 17.3. The second-order valence-electron chi connectivity index (χ2n) is 7.20. The van der Waals surface area contributed by atoms with Gasteiger partial charge in [0.1, 0.15) is 5.58 Å². The van der Waals surface area contributed by atoms with Crippen LogP contribution in [0.25, 0.3) is 11.0 Å². The average Bonchev–Trinajstić information content (AvgIpc) is 3.11. The Balaban J connectivity index is 1.63. The van der Waals surface area contributed by atoms with Gasteiger partial charge in [-0.1, -0.05) is 0 Å². The van der Waals surface area contributed by atoms with Crippen molar-refractivity contribution in [2.45, 2.75) is 46.0 Å². The number of furan rings is 1. The molecular formula is C19H23NO4. The minimum atomic E-state index is -0.855. The van der Waals surface area contributed by atoms with Crippen molar-refractivity contribution in [3.8, 4) is 0 Å². The predicted octanol–water partition coefficient (Wildman–Crippen LogP) is 3.08. The van der Waals surface area contributed by atoms with Crippen LogP contribution >= 0.6 is 0 Å². The van der Waals surface area contributed by atoms with Crippen LogP contribution in [0.2, 0.25) is 0 Å². The summed E-state index contributed by atoms with van der Waals surface area (Å²) >= 11 is 0. The van der Waals surface area contributed by atoms with Crippen LogP contribution in [0.15, 0.2) is 22.8 Å². The Morgan fingerprint density at radius 3 is 2.67 bits per heavy atom. The first-order chi connectivity index (χ1) is 11.4. The highest BCUT2D eigenvalue weighted by molar-refractivity contribution is 5.88. The number of aliphatic carboxylic acids is 1. The first-order valence-electron chi connectivity index (χ1n) is 8.39. The quantitative estimate of drug-likeness (QED) is 0.853. The second-order valence-corrected chi connectivity index (χ2v) is 7.20. The lowest BCUT2D eigenvalue weighted by Crippen LogP contribution is -2.32. The number of amides is 1. The molecule has 1 aromatic heterocycles.